The van der Waals surface area contributed by atoms with Gasteiger partial charge in [0.25, 0.3) is 0 Å². The van der Waals surface area contributed by atoms with Crippen molar-refractivity contribution in [1.29, 1.82) is 0 Å². The smallest absolute Gasteiger partial charge is 0.321 e. The second-order valence-electron chi connectivity index (χ2n) is 11.4. The number of nitrogens with zero attached hydrogens (tertiary/aromatic N) is 2. The number of aliphatic carboxylic acids is 1. The molecule has 3 fully saturated rings. The fraction of sp³-hybridized carbons (Fsp3) is 0.531. The van der Waals surface area contributed by atoms with Crippen molar-refractivity contribution in [2.24, 2.45) is 11.8 Å². The Morgan fingerprint density at radius 1 is 0.946 bits per heavy atom. The topological polar surface area (TPSA) is 64.0 Å². The largest absolute Gasteiger partial charge is 0.480 e. The second kappa shape index (κ2) is 11.8. The predicted molar refractivity (Wildman–Crippen MR) is 146 cm³/mol. The maximum absolute atomic E-state index is 12.5. The number of aliphatic hydroxyl groups is 1. The zero-order chi connectivity index (χ0) is 25.7. The first kappa shape index (κ1) is 26.0. The molecule has 0 spiro atoms. The lowest BCUT2D eigenvalue weighted by Crippen LogP contribution is -2.47. The van der Waals surface area contributed by atoms with Crippen molar-refractivity contribution in [3.8, 4) is 11.8 Å². The highest BCUT2D eigenvalue weighted by Crippen LogP contribution is 2.38. The van der Waals surface area contributed by atoms with E-state index in [0.29, 0.717) is 24.7 Å². The van der Waals surface area contributed by atoms with Crippen LogP contribution in [-0.4, -0.2) is 70.3 Å². The molecule has 5 rings (SSSR count). The van der Waals surface area contributed by atoms with Crippen molar-refractivity contribution >= 4 is 5.97 Å². The molecule has 196 valence electrons. The van der Waals surface area contributed by atoms with E-state index in [2.05, 4.69) is 52.0 Å². The molecule has 2 aliphatic heterocycles. The van der Waals surface area contributed by atoms with Gasteiger partial charge in [0.2, 0.25) is 0 Å². The van der Waals surface area contributed by atoms with Gasteiger partial charge in [-0.1, -0.05) is 79.6 Å². The van der Waals surface area contributed by atoms with Crippen LogP contribution in [-0.2, 0) is 4.79 Å². The molecule has 5 nitrogen and oxygen atoms in total. The minimum Gasteiger partial charge on any atom is -0.480 e. The highest BCUT2D eigenvalue weighted by molar-refractivity contribution is 5.74. The van der Waals surface area contributed by atoms with Crippen molar-refractivity contribution in [1.82, 2.24) is 9.80 Å². The van der Waals surface area contributed by atoms with E-state index in [1.807, 2.05) is 30.3 Å². The molecule has 2 saturated heterocycles. The molecule has 37 heavy (non-hydrogen) atoms. The highest BCUT2D eigenvalue weighted by atomic mass is 16.4. The molecule has 0 amide bonds. The summed E-state index contributed by atoms with van der Waals surface area (Å²) >= 11 is 0. The molecule has 2 aromatic carbocycles. The van der Waals surface area contributed by atoms with Gasteiger partial charge in [-0.3, -0.25) is 9.69 Å². The normalized spacial score (nSPS) is 25.8. The van der Waals surface area contributed by atoms with Crippen LogP contribution in [0.3, 0.4) is 0 Å². The third kappa shape index (κ3) is 6.44. The number of carboxylic acids is 1. The van der Waals surface area contributed by atoms with Gasteiger partial charge >= 0.3 is 5.97 Å². The summed E-state index contributed by atoms with van der Waals surface area (Å²) < 4.78 is 0. The van der Waals surface area contributed by atoms with Crippen LogP contribution in [0.5, 0.6) is 0 Å². The molecule has 2 heterocycles. The lowest BCUT2D eigenvalue weighted by molar-refractivity contribution is -0.145. The van der Waals surface area contributed by atoms with Crippen LogP contribution in [0.15, 0.2) is 60.7 Å². The van der Waals surface area contributed by atoms with E-state index in [0.717, 1.165) is 64.0 Å². The Kier molecular flexibility index (Phi) is 8.30. The summed E-state index contributed by atoms with van der Waals surface area (Å²) in [5.41, 5.74) is 1.30. The van der Waals surface area contributed by atoms with Gasteiger partial charge in [-0.25, -0.2) is 0 Å². The Balaban J connectivity index is 1.26. The number of likely N-dealkylation sites (tertiary alicyclic amines) is 2. The molecule has 2 aromatic rings. The van der Waals surface area contributed by atoms with Gasteiger partial charge in [0.1, 0.15) is 11.6 Å². The summed E-state index contributed by atoms with van der Waals surface area (Å²) in [5, 5.41) is 21.3. The Hall–Kier alpha value is -2.65. The molecule has 3 aliphatic rings. The molecule has 1 aliphatic carbocycles. The third-order valence-corrected chi connectivity index (χ3v) is 8.83. The summed E-state index contributed by atoms with van der Waals surface area (Å²) in [6.07, 6.45) is 6.87. The van der Waals surface area contributed by atoms with E-state index in [-0.39, 0.29) is 12.0 Å². The number of benzene rings is 2. The molecule has 1 saturated carbocycles. The Bertz CT molecular complexity index is 1080. The molecular weight excluding hydrogens is 460 g/mol. The monoisotopic (exact) mass is 500 g/mol. The SMILES string of the molecule is O=C(O)C(C1CCCCC1)N1CC(CN2CCC(O)(C#Cc3ccccc3)CC2)C(c2ccccc2)C1. The van der Waals surface area contributed by atoms with Gasteiger partial charge in [0.05, 0.1) is 0 Å². The quantitative estimate of drug-likeness (QED) is 0.567. The fourth-order valence-corrected chi connectivity index (χ4v) is 6.77. The van der Waals surface area contributed by atoms with Crippen LogP contribution in [0.25, 0.3) is 0 Å². The summed E-state index contributed by atoms with van der Waals surface area (Å²) in [7, 11) is 0. The van der Waals surface area contributed by atoms with Crippen LogP contribution in [0, 0.1) is 23.7 Å². The minimum absolute atomic E-state index is 0.259. The number of carbonyl (C=O) groups is 1. The van der Waals surface area contributed by atoms with Crippen LogP contribution in [0.1, 0.15) is 62.0 Å². The molecular formula is C32H40N2O3. The van der Waals surface area contributed by atoms with Crippen LogP contribution < -0.4 is 0 Å². The Labute approximate surface area is 221 Å². The van der Waals surface area contributed by atoms with Crippen LogP contribution >= 0.6 is 0 Å². The lowest BCUT2D eigenvalue weighted by Gasteiger charge is -2.37. The van der Waals surface area contributed by atoms with Gasteiger partial charge < -0.3 is 15.1 Å². The van der Waals surface area contributed by atoms with Gasteiger partial charge in [-0.05, 0) is 42.4 Å². The standard InChI is InChI=1S/C32H40N2O3/c35-31(36)30(27-14-8-3-9-15-27)34-23-28(29(24-34)26-12-6-2-7-13-26)22-33-20-18-32(37,19-21-33)17-16-25-10-4-1-5-11-25/h1-2,4-7,10-13,27-30,37H,3,8-9,14-15,18-24H2,(H,35,36). The average molecular weight is 501 g/mol. The molecule has 2 N–H and O–H groups in total. The van der Waals surface area contributed by atoms with E-state index in [9.17, 15) is 15.0 Å². The Morgan fingerprint density at radius 2 is 1.59 bits per heavy atom. The van der Waals surface area contributed by atoms with Crippen molar-refractivity contribution in [2.45, 2.75) is 62.5 Å². The van der Waals surface area contributed by atoms with Gasteiger partial charge in [0.15, 0.2) is 0 Å². The van der Waals surface area contributed by atoms with E-state index in [1.165, 1.54) is 12.0 Å². The Morgan fingerprint density at radius 3 is 2.24 bits per heavy atom. The average Bonchev–Trinajstić information content (AvgIpc) is 3.33. The van der Waals surface area contributed by atoms with E-state index >= 15 is 0 Å². The van der Waals surface area contributed by atoms with Crippen LogP contribution in [0.2, 0.25) is 0 Å². The number of piperidine rings is 1. The molecule has 0 bridgehead atoms. The molecule has 5 heteroatoms. The number of rotatable bonds is 6. The first-order valence-electron chi connectivity index (χ1n) is 14.1. The lowest BCUT2D eigenvalue weighted by atomic mass is 9.83. The molecule has 0 radical (unpaired) electrons. The van der Waals surface area contributed by atoms with Crippen molar-refractivity contribution in [3.05, 3.63) is 71.8 Å². The number of hydrogen-bond acceptors (Lipinski definition) is 4. The van der Waals surface area contributed by atoms with E-state index in [1.54, 1.807) is 0 Å². The first-order valence-corrected chi connectivity index (χ1v) is 14.1. The number of carboxylic acid groups (broad SMARTS) is 1. The van der Waals surface area contributed by atoms with Crippen molar-refractivity contribution < 1.29 is 15.0 Å². The molecule has 3 atom stereocenters. The second-order valence-corrected chi connectivity index (χ2v) is 11.4. The van der Waals surface area contributed by atoms with E-state index in [4.69, 9.17) is 0 Å². The van der Waals surface area contributed by atoms with Crippen LogP contribution in [0.4, 0.5) is 0 Å². The van der Waals surface area contributed by atoms with E-state index < -0.39 is 11.6 Å². The van der Waals surface area contributed by atoms with Crippen molar-refractivity contribution in [2.75, 3.05) is 32.7 Å². The number of hydrogen-bond donors (Lipinski definition) is 2. The fourth-order valence-electron chi connectivity index (χ4n) is 6.77. The summed E-state index contributed by atoms with van der Waals surface area (Å²) in [4.78, 5) is 17.2. The maximum Gasteiger partial charge on any atom is 0.321 e. The summed E-state index contributed by atoms with van der Waals surface area (Å²) in [6.45, 7) is 4.17. The maximum atomic E-state index is 12.5. The van der Waals surface area contributed by atoms with Gasteiger partial charge in [-0.15, -0.1) is 0 Å². The highest BCUT2D eigenvalue weighted by Gasteiger charge is 2.43. The third-order valence-electron chi connectivity index (χ3n) is 8.83. The van der Waals surface area contributed by atoms with Gasteiger partial charge in [0, 0.05) is 57.0 Å². The summed E-state index contributed by atoms with van der Waals surface area (Å²) in [6, 6.07) is 20.1. The summed E-state index contributed by atoms with van der Waals surface area (Å²) in [5.74, 6) is 6.59. The molecule has 0 aromatic heterocycles. The van der Waals surface area contributed by atoms with Gasteiger partial charge in [-0.2, -0.15) is 0 Å². The van der Waals surface area contributed by atoms with Crippen molar-refractivity contribution in [3.63, 3.8) is 0 Å². The first-order chi connectivity index (χ1) is 18.0. The minimum atomic E-state index is -0.942. The predicted octanol–water partition coefficient (Wildman–Crippen LogP) is 4.61. The molecule has 3 unspecified atom stereocenters. The zero-order valence-corrected chi connectivity index (χ0v) is 21.8. The zero-order valence-electron chi connectivity index (χ0n) is 21.8.